The summed E-state index contributed by atoms with van der Waals surface area (Å²) in [5, 5.41) is 12.3. The first kappa shape index (κ1) is 15.4. The Kier molecular flexibility index (Phi) is 5.22. The van der Waals surface area contributed by atoms with Crippen molar-refractivity contribution in [2.75, 3.05) is 18.5 Å². The number of carbonyl (C=O) groups is 1. The molecule has 0 radical (unpaired) electrons. The van der Waals surface area contributed by atoms with E-state index in [1.807, 2.05) is 37.3 Å². The van der Waals surface area contributed by atoms with Gasteiger partial charge in [0.05, 0.1) is 11.3 Å². The van der Waals surface area contributed by atoms with Crippen molar-refractivity contribution in [2.24, 2.45) is 0 Å². The smallest absolute Gasteiger partial charge is 0.337 e. The molecule has 4 nitrogen and oxygen atoms in total. The maximum absolute atomic E-state index is 11.2. The Balaban J connectivity index is 1.92. The van der Waals surface area contributed by atoms with Crippen LogP contribution in [0.25, 0.3) is 0 Å². The van der Waals surface area contributed by atoms with Gasteiger partial charge in [0, 0.05) is 11.0 Å². The predicted molar refractivity (Wildman–Crippen MR) is 86.3 cm³/mol. The molecule has 0 fully saturated rings. The highest BCUT2D eigenvalue weighted by molar-refractivity contribution is 9.10. The minimum absolute atomic E-state index is 0.277. The van der Waals surface area contributed by atoms with Gasteiger partial charge in [0.15, 0.2) is 0 Å². The molecule has 0 aromatic heterocycles. The quantitative estimate of drug-likeness (QED) is 0.775. The largest absolute Gasteiger partial charge is 0.492 e. The van der Waals surface area contributed by atoms with E-state index in [2.05, 4.69) is 21.2 Å². The van der Waals surface area contributed by atoms with E-state index in [0.717, 1.165) is 15.8 Å². The zero-order chi connectivity index (χ0) is 15.2. The van der Waals surface area contributed by atoms with E-state index in [9.17, 15) is 9.90 Å². The topological polar surface area (TPSA) is 58.6 Å². The molecule has 0 aliphatic rings. The van der Waals surface area contributed by atoms with Gasteiger partial charge < -0.3 is 15.2 Å². The van der Waals surface area contributed by atoms with E-state index in [0.29, 0.717) is 18.8 Å². The third-order valence-corrected chi connectivity index (χ3v) is 3.52. The lowest BCUT2D eigenvalue weighted by Gasteiger charge is -2.13. The molecule has 21 heavy (non-hydrogen) atoms. The van der Waals surface area contributed by atoms with E-state index in [1.54, 1.807) is 12.1 Å². The number of aryl methyl sites for hydroxylation is 1. The Morgan fingerprint density at radius 3 is 2.62 bits per heavy atom. The van der Waals surface area contributed by atoms with Crippen LogP contribution in [0.4, 0.5) is 5.69 Å². The molecule has 0 atom stereocenters. The van der Waals surface area contributed by atoms with Crippen molar-refractivity contribution in [3.05, 3.63) is 58.1 Å². The van der Waals surface area contributed by atoms with E-state index < -0.39 is 5.97 Å². The fraction of sp³-hybridized carbons (Fsp3) is 0.188. The summed E-state index contributed by atoms with van der Waals surface area (Å²) < 4.78 is 6.59. The molecule has 0 aliphatic heterocycles. The number of hydrogen-bond donors (Lipinski definition) is 2. The molecule has 0 bridgehead atoms. The first-order chi connectivity index (χ1) is 10.1. The van der Waals surface area contributed by atoms with Crippen LogP contribution >= 0.6 is 15.9 Å². The minimum atomic E-state index is -0.935. The number of hydrogen-bond acceptors (Lipinski definition) is 3. The normalized spacial score (nSPS) is 10.2. The summed E-state index contributed by atoms with van der Waals surface area (Å²) >= 11 is 3.36. The van der Waals surface area contributed by atoms with Crippen LogP contribution in [0.3, 0.4) is 0 Å². The second kappa shape index (κ2) is 7.13. The standard InChI is InChI=1S/C16H16BrNO3/c1-11-3-2-4-14(16(19)20)15(11)18-9-10-21-13-7-5-12(17)6-8-13/h2-8,18H,9-10H2,1H3,(H,19,20). The number of carboxylic acids is 1. The van der Waals surface area contributed by atoms with Crippen LogP contribution in [-0.2, 0) is 0 Å². The van der Waals surface area contributed by atoms with Crippen molar-refractivity contribution in [2.45, 2.75) is 6.92 Å². The highest BCUT2D eigenvalue weighted by Crippen LogP contribution is 2.20. The number of para-hydroxylation sites is 1. The molecule has 0 saturated heterocycles. The van der Waals surface area contributed by atoms with Crippen LogP contribution < -0.4 is 10.1 Å². The fourth-order valence-electron chi connectivity index (χ4n) is 1.96. The highest BCUT2D eigenvalue weighted by atomic mass is 79.9. The Hall–Kier alpha value is -2.01. The van der Waals surface area contributed by atoms with Crippen LogP contribution in [0.1, 0.15) is 15.9 Å². The first-order valence-corrected chi connectivity index (χ1v) is 7.32. The summed E-state index contributed by atoms with van der Waals surface area (Å²) in [6.45, 7) is 2.86. The van der Waals surface area contributed by atoms with Crippen molar-refractivity contribution < 1.29 is 14.6 Å². The average molecular weight is 350 g/mol. The van der Waals surface area contributed by atoms with E-state index in [4.69, 9.17) is 4.74 Å². The van der Waals surface area contributed by atoms with Gasteiger partial charge in [0.1, 0.15) is 12.4 Å². The Morgan fingerprint density at radius 2 is 1.95 bits per heavy atom. The Labute approximate surface area is 131 Å². The number of carboxylic acid groups (broad SMARTS) is 1. The molecule has 0 aliphatic carbocycles. The number of ether oxygens (including phenoxy) is 1. The van der Waals surface area contributed by atoms with Gasteiger partial charge in [-0.25, -0.2) is 4.79 Å². The van der Waals surface area contributed by atoms with Gasteiger partial charge in [-0.05, 0) is 42.8 Å². The molecule has 5 heteroatoms. The van der Waals surface area contributed by atoms with Crippen LogP contribution in [0, 0.1) is 6.92 Å². The number of halogens is 1. The molecule has 0 saturated carbocycles. The molecule has 0 unspecified atom stereocenters. The Bertz CT molecular complexity index is 626. The van der Waals surface area contributed by atoms with Crippen molar-refractivity contribution in [1.82, 2.24) is 0 Å². The molecule has 110 valence electrons. The van der Waals surface area contributed by atoms with Crippen molar-refractivity contribution in [3.63, 3.8) is 0 Å². The van der Waals surface area contributed by atoms with Crippen LogP contribution in [-0.4, -0.2) is 24.2 Å². The zero-order valence-corrected chi connectivity index (χ0v) is 13.2. The third kappa shape index (κ3) is 4.23. The van der Waals surface area contributed by atoms with E-state index >= 15 is 0 Å². The monoisotopic (exact) mass is 349 g/mol. The van der Waals surface area contributed by atoms with Gasteiger partial charge in [-0.3, -0.25) is 0 Å². The number of aromatic carboxylic acids is 1. The summed E-state index contributed by atoms with van der Waals surface area (Å²) in [5.74, 6) is -0.154. The lowest BCUT2D eigenvalue weighted by atomic mass is 10.1. The lowest BCUT2D eigenvalue weighted by Crippen LogP contribution is -2.14. The van der Waals surface area contributed by atoms with Crippen molar-refractivity contribution >= 4 is 27.6 Å². The second-order valence-corrected chi connectivity index (χ2v) is 5.45. The third-order valence-electron chi connectivity index (χ3n) is 2.99. The number of benzene rings is 2. The second-order valence-electron chi connectivity index (χ2n) is 4.53. The van der Waals surface area contributed by atoms with Gasteiger partial charge in [-0.1, -0.05) is 28.1 Å². The van der Waals surface area contributed by atoms with E-state index in [1.165, 1.54) is 0 Å². The number of nitrogens with one attached hydrogen (secondary N) is 1. The van der Waals surface area contributed by atoms with Gasteiger partial charge in [-0.15, -0.1) is 0 Å². The molecular formula is C16H16BrNO3. The molecular weight excluding hydrogens is 334 g/mol. The fourth-order valence-corrected chi connectivity index (χ4v) is 2.22. The number of rotatable bonds is 6. The zero-order valence-electron chi connectivity index (χ0n) is 11.6. The summed E-state index contributed by atoms with van der Waals surface area (Å²) in [4.78, 5) is 11.2. The summed E-state index contributed by atoms with van der Waals surface area (Å²) in [6.07, 6.45) is 0. The number of anilines is 1. The van der Waals surface area contributed by atoms with Gasteiger partial charge >= 0.3 is 5.97 Å². The molecule has 0 spiro atoms. The van der Waals surface area contributed by atoms with Crippen LogP contribution in [0.5, 0.6) is 5.75 Å². The van der Waals surface area contributed by atoms with Gasteiger partial charge in [0.25, 0.3) is 0 Å². The van der Waals surface area contributed by atoms with E-state index in [-0.39, 0.29) is 5.56 Å². The summed E-state index contributed by atoms with van der Waals surface area (Å²) in [7, 11) is 0. The van der Waals surface area contributed by atoms with Gasteiger partial charge in [0.2, 0.25) is 0 Å². The molecule has 2 rings (SSSR count). The molecule has 2 aromatic carbocycles. The van der Waals surface area contributed by atoms with Crippen LogP contribution in [0.15, 0.2) is 46.9 Å². The maximum atomic E-state index is 11.2. The van der Waals surface area contributed by atoms with Crippen molar-refractivity contribution in [3.8, 4) is 5.75 Å². The maximum Gasteiger partial charge on any atom is 0.337 e. The first-order valence-electron chi connectivity index (χ1n) is 6.53. The molecule has 0 amide bonds. The molecule has 2 aromatic rings. The molecule has 0 heterocycles. The highest BCUT2D eigenvalue weighted by Gasteiger charge is 2.11. The molecule has 2 N–H and O–H groups in total. The SMILES string of the molecule is Cc1cccc(C(=O)O)c1NCCOc1ccc(Br)cc1. The summed E-state index contributed by atoms with van der Waals surface area (Å²) in [6, 6.07) is 12.8. The minimum Gasteiger partial charge on any atom is -0.492 e. The Morgan fingerprint density at radius 1 is 1.24 bits per heavy atom. The van der Waals surface area contributed by atoms with Gasteiger partial charge in [-0.2, -0.15) is 0 Å². The average Bonchev–Trinajstić information content (AvgIpc) is 2.46. The summed E-state index contributed by atoms with van der Waals surface area (Å²) in [5.41, 5.74) is 1.82. The predicted octanol–water partition coefficient (Wildman–Crippen LogP) is 3.95. The van der Waals surface area contributed by atoms with Crippen LogP contribution in [0.2, 0.25) is 0 Å². The lowest BCUT2D eigenvalue weighted by molar-refractivity contribution is 0.0698. The van der Waals surface area contributed by atoms with Crippen molar-refractivity contribution in [1.29, 1.82) is 0 Å².